The van der Waals surface area contributed by atoms with E-state index in [4.69, 9.17) is 11.6 Å². The lowest BCUT2D eigenvalue weighted by Gasteiger charge is -2.11. The third-order valence-corrected chi connectivity index (χ3v) is 4.23. The topological polar surface area (TPSA) is 91.8 Å². The fraction of sp³-hybridized carbons (Fsp3) is 0.200. The maximum Gasteiger partial charge on any atom is 0.255 e. The number of carbonyl (C=O) groups excluding carboxylic acids is 1. The molecule has 0 unspecified atom stereocenters. The Morgan fingerprint density at radius 1 is 1.07 bits per heavy atom. The molecule has 3 rings (SSSR count). The molecular weight excluding hydrogens is 395 g/mol. The summed E-state index contributed by atoms with van der Waals surface area (Å²) in [7, 11) is 0. The van der Waals surface area contributed by atoms with E-state index < -0.39 is 11.7 Å². The maximum absolute atomic E-state index is 13.8. The van der Waals surface area contributed by atoms with Gasteiger partial charge in [0.25, 0.3) is 5.91 Å². The molecule has 0 aliphatic heterocycles. The standard InChI is InChI=1S/C20H20ClFN6O/c1-12-6-7-23-16(10-12)28-18-11-17(26-13(2)27-18)24-8-9-25-20(29)19-14(21)4-3-5-15(19)22/h3-7,10-11H,8-9H2,1-2H3,(H,25,29)(H2,23,24,26,27,28). The van der Waals surface area contributed by atoms with E-state index in [1.54, 1.807) is 19.2 Å². The molecule has 0 spiro atoms. The number of halogens is 2. The van der Waals surface area contributed by atoms with Crippen LogP contribution in [0.5, 0.6) is 0 Å². The van der Waals surface area contributed by atoms with Crippen LogP contribution in [0.3, 0.4) is 0 Å². The van der Waals surface area contributed by atoms with Gasteiger partial charge in [0.05, 0.1) is 10.6 Å². The van der Waals surface area contributed by atoms with Crippen LogP contribution in [0.25, 0.3) is 0 Å². The van der Waals surface area contributed by atoms with Crippen LogP contribution in [0.4, 0.5) is 21.8 Å². The zero-order valence-electron chi connectivity index (χ0n) is 16.0. The van der Waals surface area contributed by atoms with Gasteiger partial charge < -0.3 is 16.0 Å². The van der Waals surface area contributed by atoms with Crippen molar-refractivity contribution in [2.75, 3.05) is 23.7 Å². The van der Waals surface area contributed by atoms with E-state index in [0.717, 1.165) is 5.56 Å². The van der Waals surface area contributed by atoms with Crippen molar-refractivity contribution < 1.29 is 9.18 Å². The lowest BCUT2D eigenvalue weighted by atomic mass is 10.2. The highest BCUT2D eigenvalue weighted by molar-refractivity contribution is 6.33. The minimum atomic E-state index is -0.658. The van der Waals surface area contributed by atoms with Crippen LogP contribution >= 0.6 is 11.6 Å². The molecular formula is C20H20ClFN6O. The Morgan fingerprint density at radius 3 is 2.62 bits per heavy atom. The molecule has 0 saturated heterocycles. The summed E-state index contributed by atoms with van der Waals surface area (Å²) in [5, 5.41) is 8.95. The molecule has 0 aliphatic carbocycles. The first kappa shape index (κ1) is 20.5. The quantitative estimate of drug-likeness (QED) is 0.508. The average molecular weight is 415 g/mol. The van der Waals surface area contributed by atoms with E-state index in [2.05, 4.69) is 30.9 Å². The molecule has 0 fully saturated rings. The molecule has 1 aromatic carbocycles. The number of pyridine rings is 1. The van der Waals surface area contributed by atoms with Gasteiger partial charge in [-0.05, 0) is 43.7 Å². The lowest BCUT2D eigenvalue weighted by molar-refractivity contribution is 0.0951. The lowest BCUT2D eigenvalue weighted by Crippen LogP contribution is -2.29. The SMILES string of the molecule is Cc1ccnc(Nc2cc(NCCNC(=O)c3c(F)cccc3Cl)nc(C)n2)c1. The Kier molecular flexibility index (Phi) is 6.56. The number of aryl methyl sites for hydroxylation is 2. The van der Waals surface area contributed by atoms with Crippen molar-refractivity contribution in [3.05, 3.63) is 70.4 Å². The van der Waals surface area contributed by atoms with Crippen LogP contribution in [0.1, 0.15) is 21.7 Å². The maximum atomic E-state index is 13.8. The van der Waals surface area contributed by atoms with Gasteiger partial charge >= 0.3 is 0 Å². The Morgan fingerprint density at radius 2 is 1.86 bits per heavy atom. The fourth-order valence-corrected chi connectivity index (χ4v) is 2.88. The largest absolute Gasteiger partial charge is 0.368 e. The predicted molar refractivity (Wildman–Crippen MR) is 111 cm³/mol. The highest BCUT2D eigenvalue weighted by atomic mass is 35.5. The Labute approximate surface area is 172 Å². The number of nitrogens with one attached hydrogen (secondary N) is 3. The van der Waals surface area contributed by atoms with Crippen molar-refractivity contribution in [3.63, 3.8) is 0 Å². The monoisotopic (exact) mass is 414 g/mol. The van der Waals surface area contributed by atoms with Crippen LogP contribution in [0.2, 0.25) is 5.02 Å². The Hall–Kier alpha value is -3.26. The first-order valence-electron chi connectivity index (χ1n) is 8.94. The summed E-state index contributed by atoms with van der Waals surface area (Å²) in [4.78, 5) is 25.0. The van der Waals surface area contributed by atoms with Crippen molar-refractivity contribution in [1.29, 1.82) is 0 Å². The van der Waals surface area contributed by atoms with E-state index in [1.807, 2.05) is 19.1 Å². The third-order valence-electron chi connectivity index (χ3n) is 3.92. The molecule has 29 heavy (non-hydrogen) atoms. The zero-order chi connectivity index (χ0) is 20.8. The minimum absolute atomic E-state index is 0.0716. The molecule has 2 heterocycles. The fourth-order valence-electron chi connectivity index (χ4n) is 2.63. The molecule has 0 atom stereocenters. The molecule has 3 aromatic rings. The highest BCUT2D eigenvalue weighted by Crippen LogP contribution is 2.19. The second kappa shape index (κ2) is 9.29. The molecule has 0 aliphatic rings. The number of nitrogens with zero attached hydrogens (tertiary/aromatic N) is 3. The van der Waals surface area contributed by atoms with E-state index in [-0.39, 0.29) is 17.1 Å². The van der Waals surface area contributed by atoms with Gasteiger partial charge in [-0.3, -0.25) is 4.79 Å². The van der Waals surface area contributed by atoms with E-state index in [1.165, 1.54) is 18.2 Å². The van der Waals surface area contributed by atoms with Gasteiger partial charge in [0.2, 0.25) is 0 Å². The van der Waals surface area contributed by atoms with E-state index in [9.17, 15) is 9.18 Å². The summed E-state index contributed by atoms with van der Waals surface area (Å²) in [6.07, 6.45) is 1.72. The van der Waals surface area contributed by atoms with Gasteiger partial charge in [-0.1, -0.05) is 17.7 Å². The van der Waals surface area contributed by atoms with Gasteiger partial charge in [0, 0.05) is 25.4 Å². The number of carbonyl (C=O) groups is 1. The van der Waals surface area contributed by atoms with Gasteiger partial charge in [0.1, 0.15) is 29.1 Å². The summed E-state index contributed by atoms with van der Waals surface area (Å²) in [5.41, 5.74) is 0.918. The van der Waals surface area contributed by atoms with Gasteiger partial charge in [-0.25, -0.2) is 19.3 Å². The Balaban J connectivity index is 1.57. The highest BCUT2D eigenvalue weighted by Gasteiger charge is 2.15. The number of hydrogen-bond acceptors (Lipinski definition) is 6. The normalized spacial score (nSPS) is 10.5. The first-order valence-corrected chi connectivity index (χ1v) is 9.31. The zero-order valence-corrected chi connectivity index (χ0v) is 16.7. The summed E-state index contributed by atoms with van der Waals surface area (Å²) < 4.78 is 13.8. The number of aromatic nitrogens is 3. The van der Waals surface area contributed by atoms with Crippen LogP contribution in [-0.4, -0.2) is 33.9 Å². The van der Waals surface area contributed by atoms with Gasteiger partial charge in [0.15, 0.2) is 0 Å². The summed E-state index contributed by atoms with van der Waals surface area (Å²) >= 11 is 5.90. The predicted octanol–water partition coefficient (Wildman–Crippen LogP) is 3.87. The molecule has 0 saturated carbocycles. The molecule has 0 bridgehead atoms. The van der Waals surface area contributed by atoms with Crippen molar-refractivity contribution in [1.82, 2.24) is 20.3 Å². The number of hydrogen-bond donors (Lipinski definition) is 3. The number of rotatable bonds is 7. The first-order chi connectivity index (χ1) is 13.9. The summed E-state index contributed by atoms with van der Waals surface area (Å²) in [6, 6.07) is 9.68. The van der Waals surface area contributed by atoms with Gasteiger partial charge in [-0.15, -0.1) is 0 Å². The summed E-state index contributed by atoms with van der Waals surface area (Å²) in [6.45, 7) is 4.40. The molecule has 2 aromatic heterocycles. The van der Waals surface area contributed by atoms with Crippen molar-refractivity contribution >= 4 is 35.0 Å². The van der Waals surface area contributed by atoms with Crippen LogP contribution < -0.4 is 16.0 Å². The van der Waals surface area contributed by atoms with Crippen LogP contribution in [-0.2, 0) is 0 Å². The van der Waals surface area contributed by atoms with E-state index >= 15 is 0 Å². The smallest absolute Gasteiger partial charge is 0.255 e. The van der Waals surface area contributed by atoms with Crippen molar-refractivity contribution in [2.24, 2.45) is 0 Å². The molecule has 3 N–H and O–H groups in total. The van der Waals surface area contributed by atoms with Crippen LogP contribution in [0, 0.1) is 19.7 Å². The molecule has 1 amide bonds. The Bertz CT molecular complexity index is 1010. The molecule has 150 valence electrons. The van der Waals surface area contributed by atoms with Gasteiger partial charge in [-0.2, -0.15) is 0 Å². The summed E-state index contributed by atoms with van der Waals surface area (Å²) in [5.74, 6) is 1.22. The second-order valence-corrected chi connectivity index (χ2v) is 6.72. The van der Waals surface area contributed by atoms with Crippen molar-refractivity contribution in [2.45, 2.75) is 13.8 Å². The third kappa shape index (κ3) is 5.61. The second-order valence-electron chi connectivity index (χ2n) is 6.31. The number of amides is 1. The number of benzene rings is 1. The van der Waals surface area contributed by atoms with E-state index in [0.29, 0.717) is 29.8 Å². The number of anilines is 3. The average Bonchev–Trinajstić information content (AvgIpc) is 2.65. The minimum Gasteiger partial charge on any atom is -0.368 e. The molecule has 0 radical (unpaired) electrons. The molecule has 9 heteroatoms. The van der Waals surface area contributed by atoms with Crippen molar-refractivity contribution in [3.8, 4) is 0 Å². The molecule has 7 nitrogen and oxygen atoms in total. The van der Waals surface area contributed by atoms with Crippen LogP contribution in [0.15, 0.2) is 42.6 Å².